The van der Waals surface area contributed by atoms with E-state index in [9.17, 15) is 0 Å². The number of para-hydroxylation sites is 1. The van der Waals surface area contributed by atoms with Crippen LogP contribution >= 0.6 is 12.4 Å². The van der Waals surface area contributed by atoms with Gasteiger partial charge < -0.3 is 10.1 Å². The Bertz CT molecular complexity index is 247. The van der Waals surface area contributed by atoms with Crippen molar-refractivity contribution in [2.45, 2.75) is 18.9 Å². The van der Waals surface area contributed by atoms with Gasteiger partial charge in [-0.2, -0.15) is 0 Å². The van der Waals surface area contributed by atoms with Crippen LogP contribution in [-0.4, -0.2) is 19.2 Å². The Morgan fingerprint density at radius 1 is 1.07 bits per heavy atom. The van der Waals surface area contributed by atoms with Gasteiger partial charge in [-0.1, -0.05) is 18.2 Å². The van der Waals surface area contributed by atoms with Crippen LogP contribution in [0.2, 0.25) is 0 Å². The molecule has 0 unspecified atom stereocenters. The minimum atomic E-state index is 0. The SMILES string of the molecule is Cl.c1ccc(OC2CCNCC2)cc1. The Hall–Kier alpha value is -0.730. The van der Waals surface area contributed by atoms with Crippen molar-refractivity contribution in [1.82, 2.24) is 5.32 Å². The van der Waals surface area contributed by atoms with Crippen LogP contribution in [0.3, 0.4) is 0 Å². The van der Waals surface area contributed by atoms with Crippen molar-refractivity contribution in [2.75, 3.05) is 13.1 Å². The van der Waals surface area contributed by atoms with Crippen molar-refractivity contribution < 1.29 is 4.74 Å². The van der Waals surface area contributed by atoms with E-state index in [4.69, 9.17) is 4.74 Å². The Morgan fingerprint density at radius 3 is 2.36 bits per heavy atom. The number of rotatable bonds is 2. The molecule has 0 aliphatic carbocycles. The third kappa shape index (κ3) is 3.20. The van der Waals surface area contributed by atoms with Crippen molar-refractivity contribution >= 4 is 12.4 Å². The van der Waals surface area contributed by atoms with Crippen molar-refractivity contribution in [3.63, 3.8) is 0 Å². The minimum absolute atomic E-state index is 0. The lowest BCUT2D eigenvalue weighted by molar-refractivity contribution is 0.162. The monoisotopic (exact) mass is 213 g/mol. The first kappa shape index (κ1) is 11.3. The van der Waals surface area contributed by atoms with Crippen molar-refractivity contribution in [3.8, 4) is 5.75 Å². The molecule has 3 heteroatoms. The lowest BCUT2D eigenvalue weighted by Crippen LogP contribution is -2.34. The number of halogens is 1. The van der Waals surface area contributed by atoms with Crippen LogP contribution in [-0.2, 0) is 0 Å². The molecule has 2 nitrogen and oxygen atoms in total. The van der Waals surface area contributed by atoms with E-state index in [1.54, 1.807) is 0 Å². The van der Waals surface area contributed by atoms with E-state index in [2.05, 4.69) is 5.32 Å². The Morgan fingerprint density at radius 2 is 1.71 bits per heavy atom. The van der Waals surface area contributed by atoms with E-state index in [0.717, 1.165) is 31.7 Å². The third-order valence-corrected chi connectivity index (χ3v) is 2.33. The minimum Gasteiger partial charge on any atom is -0.490 e. The smallest absolute Gasteiger partial charge is 0.119 e. The summed E-state index contributed by atoms with van der Waals surface area (Å²) in [5.74, 6) is 0.995. The predicted molar refractivity (Wildman–Crippen MR) is 60.2 cm³/mol. The fourth-order valence-corrected chi connectivity index (χ4v) is 1.60. The number of hydrogen-bond acceptors (Lipinski definition) is 2. The number of ether oxygens (including phenoxy) is 1. The van der Waals surface area contributed by atoms with Gasteiger partial charge in [0.25, 0.3) is 0 Å². The summed E-state index contributed by atoms with van der Waals surface area (Å²) < 4.78 is 5.82. The average Bonchev–Trinajstić information content (AvgIpc) is 2.21. The van der Waals surface area contributed by atoms with Gasteiger partial charge in [0, 0.05) is 0 Å². The maximum Gasteiger partial charge on any atom is 0.119 e. The molecule has 1 aliphatic rings. The fourth-order valence-electron chi connectivity index (χ4n) is 1.60. The second kappa shape index (κ2) is 5.89. The molecular weight excluding hydrogens is 198 g/mol. The predicted octanol–water partition coefficient (Wildman–Crippen LogP) is 2.24. The number of hydrogen-bond donors (Lipinski definition) is 1. The molecule has 1 aliphatic heterocycles. The lowest BCUT2D eigenvalue weighted by Gasteiger charge is -2.23. The highest BCUT2D eigenvalue weighted by molar-refractivity contribution is 5.85. The van der Waals surface area contributed by atoms with Crippen LogP contribution in [0.1, 0.15) is 12.8 Å². The molecule has 0 radical (unpaired) electrons. The number of nitrogens with one attached hydrogen (secondary N) is 1. The first-order valence-corrected chi connectivity index (χ1v) is 4.87. The summed E-state index contributed by atoms with van der Waals surface area (Å²) in [4.78, 5) is 0. The van der Waals surface area contributed by atoms with Gasteiger partial charge in [-0.3, -0.25) is 0 Å². The average molecular weight is 214 g/mol. The van der Waals surface area contributed by atoms with Crippen LogP contribution in [0.5, 0.6) is 5.75 Å². The molecule has 2 rings (SSSR count). The molecule has 0 bridgehead atoms. The molecule has 78 valence electrons. The van der Waals surface area contributed by atoms with Gasteiger partial charge in [0.1, 0.15) is 11.9 Å². The summed E-state index contributed by atoms with van der Waals surface area (Å²) in [6.07, 6.45) is 2.65. The van der Waals surface area contributed by atoms with Crippen LogP contribution in [0.15, 0.2) is 30.3 Å². The molecule has 1 fully saturated rings. The molecule has 1 N–H and O–H groups in total. The summed E-state index contributed by atoms with van der Waals surface area (Å²) in [5, 5.41) is 3.32. The van der Waals surface area contributed by atoms with Gasteiger partial charge in [-0.15, -0.1) is 12.4 Å². The van der Waals surface area contributed by atoms with Crippen LogP contribution in [0, 0.1) is 0 Å². The zero-order valence-electron chi connectivity index (χ0n) is 8.11. The summed E-state index contributed by atoms with van der Waals surface area (Å²) in [6, 6.07) is 10.1. The molecule has 0 atom stereocenters. The molecular formula is C11H16ClNO. The highest BCUT2D eigenvalue weighted by Crippen LogP contribution is 2.15. The van der Waals surface area contributed by atoms with Gasteiger partial charge in [-0.05, 0) is 38.1 Å². The van der Waals surface area contributed by atoms with E-state index in [1.165, 1.54) is 0 Å². The zero-order valence-corrected chi connectivity index (χ0v) is 8.93. The zero-order chi connectivity index (χ0) is 8.93. The highest BCUT2D eigenvalue weighted by atomic mass is 35.5. The van der Waals surface area contributed by atoms with Gasteiger partial charge in [-0.25, -0.2) is 0 Å². The summed E-state index contributed by atoms with van der Waals surface area (Å²) in [5.41, 5.74) is 0. The molecule has 1 saturated heterocycles. The van der Waals surface area contributed by atoms with E-state index in [0.29, 0.717) is 6.10 Å². The van der Waals surface area contributed by atoms with E-state index in [-0.39, 0.29) is 12.4 Å². The van der Waals surface area contributed by atoms with E-state index >= 15 is 0 Å². The molecule has 0 amide bonds. The molecule has 14 heavy (non-hydrogen) atoms. The standard InChI is InChI=1S/C11H15NO.ClH/c1-2-4-10(5-3-1)13-11-6-8-12-9-7-11;/h1-5,11-12H,6-9H2;1H. The normalized spacial score (nSPS) is 17.1. The van der Waals surface area contributed by atoms with Gasteiger partial charge in [0.15, 0.2) is 0 Å². The van der Waals surface area contributed by atoms with E-state index < -0.39 is 0 Å². The summed E-state index contributed by atoms with van der Waals surface area (Å²) >= 11 is 0. The molecule has 1 heterocycles. The van der Waals surface area contributed by atoms with E-state index in [1.807, 2.05) is 30.3 Å². The first-order chi connectivity index (χ1) is 6.45. The molecule has 1 aromatic rings. The van der Waals surface area contributed by atoms with Crippen LogP contribution in [0.25, 0.3) is 0 Å². The quantitative estimate of drug-likeness (QED) is 0.814. The maximum atomic E-state index is 5.82. The Balaban J connectivity index is 0.000000980. The van der Waals surface area contributed by atoms with Crippen molar-refractivity contribution in [2.24, 2.45) is 0 Å². The largest absolute Gasteiger partial charge is 0.490 e. The maximum absolute atomic E-state index is 5.82. The molecule has 0 spiro atoms. The van der Waals surface area contributed by atoms with Gasteiger partial charge >= 0.3 is 0 Å². The van der Waals surface area contributed by atoms with Gasteiger partial charge in [0.2, 0.25) is 0 Å². The highest BCUT2D eigenvalue weighted by Gasteiger charge is 2.13. The van der Waals surface area contributed by atoms with Crippen molar-refractivity contribution in [3.05, 3.63) is 30.3 Å². The third-order valence-electron chi connectivity index (χ3n) is 2.33. The van der Waals surface area contributed by atoms with Gasteiger partial charge in [0.05, 0.1) is 0 Å². The fraction of sp³-hybridized carbons (Fsp3) is 0.455. The lowest BCUT2D eigenvalue weighted by atomic mass is 10.1. The Labute approximate surface area is 91.1 Å². The topological polar surface area (TPSA) is 21.3 Å². The molecule has 1 aromatic carbocycles. The summed E-state index contributed by atoms with van der Waals surface area (Å²) in [6.45, 7) is 2.16. The Kier molecular flexibility index (Phi) is 4.77. The number of piperidine rings is 1. The second-order valence-electron chi connectivity index (χ2n) is 3.38. The molecule has 0 aromatic heterocycles. The summed E-state index contributed by atoms with van der Waals surface area (Å²) in [7, 11) is 0. The first-order valence-electron chi connectivity index (χ1n) is 4.87. The second-order valence-corrected chi connectivity index (χ2v) is 3.38. The van der Waals surface area contributed by atoms with Crippen LogP contribution < -0.4 is 10.1 Å². The number of benzene rings is 1. The van der Waals surface area contributed by atoms with Crippen molar-refractivity contribution in [1.29, 1.82) is 0 Å². The molecule has 0 saturated carbocycles. The van der Waals surface area contributed by atoms with Crippen LogP contribution in [0.4, 0.5) is 0 Å².